The first-order valence-corrected chi connectivity index (χ1v) is 12.5. The Labute approximate surface area is 218 Å². The summed E-state index contributed by atoms with van der Waals surface area (Å²) in [6.45, 7) is 7.39. The van der Waals surface area contributed by atoms with Gasteiger partial charge in [-0.3, -0.25) is 9.59 Å². The van der Waals surface area contributed by atoms with E-state index in [4.69, 9.17) is 10.5 Å². The normalized spacial score (nSPS) is 16.1. The second-order valence-corrected chi connectivity index (χ2v) is 8.93. The van der Waals surface area contributed by atoms with E-state index < -0.39 is 12.1 Å². The van der Waals surface area contributed by atoms with Crippen LogP contribution in [0.25, 0.3) is 11.4 Å². The Morgan fingerprint density at radius 3 is 2.24 bits per heavy atom. The fourth-order valence-corrected chi connectivity index (χ4v) is 4.26. The first-order valence-electron chi connectivity index (χ1n) is 12.5. The summed E-state index contributed by atoms with van der Waals surface area (Å²) in [7, 11) is 0. The van der Waals surface area contributed by atoms with E-state index in [-0.39, 0.29) is 29.0 Å². The van der Waals surface area contributed by atoms with Gasteiger partial charge in [0, 0.05) is 58.3 Å². The van der Waals surface area contributed by atoms with Crippen LogP contribution in [0, 0.1) is 0 Å². The van der Waals surface area contributed by atoms with Gasteiger partial charge in [-0.25, -0.2) is 18.7 Å². The summed E-state index contributed by atoms with van der Waals surface area (Å²) in [4.78, 5) is 50.8. The van der Waals surface area contributed by atoms with Gasteiger partial charge in [0.15, 0.2) is 11.6 Å². The number of nitrogens with two attached hydrogens (primary N) is 1. The zero-order valence-electron chi connectivity index (χ0n) is 21.1. The number of anilines is 3. The lowest BCUT2D eigenvalue weighted by Gasteiger charge is -2.35. The molecule has 2 aliphatic heterocycles. The number of nitrogen functional groups attached to an aromatic ring is 1. The molecule has 0 spiro atoms. The lowest BCUT2D eigenvalue weighted by atomic mass is 10.1. The van der Waals surface area contributed by atoms with Gasteiger partial charge in [-0.1, -0.05) is 6.58 Å². The van der Waals surface area contributed by atoms with Crippen molar-refractivity contribution in [1.82, 2.24) is 29.8 Å². The number of morpholine rings is 1. The van der Waals surface area contributed by atoms with E-state index in [2.05, 4.69) is 31.5 Å². The topological polar surface area (TPSA) is 144 Å². The third-order valence-electron chi connectivity index (χ3n) is 6.40. The van der Waals surface area contributed by atoms with Crippen LogP contribution in [0.5, 0.6) is 0 Å². The van der Waals surface area contributed by atoms with Gasteiger partial charge in [0.2, 0.25) is 23.8 Å². The molecule has 0 aliphatic carbocycles. The van der Waals surface area contributed by atoms with Gasteiger partial charge in [-0.15, -0.1) is 0 Å². The standard InChI is InChI=1S/C24H31F2N9O3/c1-2-16(36)5-3-4-6-18(37)33-7-9-34(10-8-33)23-30-21(17-15-28-22(27)29-19(17)20(25)26)31-24(32-23)35-11-13-38-14-12-35/h2,15,20H,1,3-14H2,(H2,27,28,29). The molecule has 2 saturated heterocycles. The number of alkyl halides is 2. The number of hydrogen-bond acceptors (Lipinski definition) is 11. The first kappa shape index (κ1) is 27.2. The minimum absolute atomic E-state index is 0.0175. The molecule has 2 aromatic heterocycles. The van der Waals surface area contributed by atoms with Crippen molar-refractivity contribution < 1.29 is 23.1 Å². The number of hydrogen-bond donors (Lipinski definition) is 1. The van der Waals surface area contributed by atoms with Crippen LogP contribution in [0.3, 0.4) is 0 Å². The molecule has 1 amide bonds. The molecule has 2 fully saturated rings. The van der Waals surface area contributed by atoms with Crippen LogP contribution in [-0.2, 0) is 14.3 Å². The van der Waals surface area contributed by atoms with Crippen molar-refractivity contribution in [3.05, 3.63) is 24.5 Å². The molecule has 2 aromatic rings. The first-order chi connectivity index (χ1) is 18.4. The van der Waals surface area contributed by atoms with Crippen LogP contribution < -0.4 is 15.5 Å². The van der Waals surface area contributed by atoms with E-state index in [9.17, 15) is 18.4 Å². The van der Waals surface area contributed by atoms with Crippen LogP contribution in [0.2, 0.25) is 0 Å². The van der Waals surface area contributed by atoms with Crippen LogP contribution in [0.4, 0.5) is 26.6 Å². The van der Waals surface area contributed by atoms with Crippen molar-refractivity contribution in [2.45, 2.75) is 32.1 Å². The van der Waals surface area contributed by atoms with E-state index >= 15 is 0 Å². The Balaban J connectivity index is 1.50. The number of ketones is 1. The molecule has 4 rings (SSSR count). The quantitative estimate of drug-likeness (QED) is 0.353. The SMILES string of the molecule is C=CC(=O)CCCCC(=O)N1CCN(c2nc(-c3cnc(N)nc3C(F)F)nc(N3CCOCC3)n2)CC1. The third-order valence-corrected chi connectivity index (χ3v) is 6.40. The molecule has 0 saturated carbocycles. The predicted molar refractivity (Wildman–Crippen MR) is 136 cm³/mol. The number of rotatable bonds is 10. The number of amides is 1. The molecule has 12 nitrogen and oxygen atoms in total. The van der Waals surface area contributed by atoms with E-state index in [1.165, 1.54) is 12.3 Å². The fourth-order valence-electron chi connectivity index (χ4n) is 4.26. The molecular weight excluding hydrogens is 500 g/mol. The van der Waals surface area contributed by atoms with Gasteiger partial charge in [-0.2, -0.15) is 15.0 Å². The van der Waals surface area contributed by atoms with Gasteiger partial charge >= 0.3 is 0 Å². The zero-order valence-corrected chi connectivity index (χ0v) is 21.1. The minimum Gasteiger partial charge on any atom is -0.378 e. The highest BCUT2D eigenvalue weighted by Gasteiger charge is 2.27. The molecule has 4 heterocycles. The van der Waals surface area contributed by atoms with Crippen LogP contribution >= 0.6 is 0 Å². The van der Waals surface area contributed by atoms with Gasteiger partial charge in [0.25, 0.3) is 6.43 Å². The maximum absolute atomic E-state index is 13.8. The molecule has 0 aromatic carbocycles. The Hall–Kier alpha value is -3.81. The van der Waals surface area contributed by atoms with Gasteiger partial charge in [0.05, 0.1) is 18.8 Å². The van der Waals surface area contributed by atoms with E-state index in [1.807, 2.05) is 9.80 Å². The Morgan fingerprint density at radius 1 is 0.974 bits per heavy atom. The van der Waals surface area contributed by atoms with Crippen LogP contribution in [0.15, 0.2) is 18.9 Å². The average molecular weight is 532 g/mol. The third kappa shape index (κ3) is 6.73. The minimum atomic E-state index is -2.90. The number of allylic oxidation sites excluding steroid dienone is 1. The molecule has 0 atom stereocenters. The van der Waals surface area contributed by atoms with Crippen molar-refractivity contribution in [3.63, 3.8) is 0 Å². The lowest BCUT2D eigenvalue weighted by Crippen LogP contribution is -2.49. The van der Waals surface area contributed by atoms with E-state index in [1.54, 1.807) is 4.90 Å². The summed E-state index contributed by atoms with van der Waals surface area (Å²) in [5, 5.41) is 0. The number of piperazine rings is 1. The highest BCUT2D eigenvalue weighted by Crippen LogP contribution is 2.30. The van der Waals surface area contributed by atoms with Crippen LogP contribution in [0.1, 0.15) is 37.8 Å². The molecule has 0 radical (unpaired) electrons. The maximum atomic E-state index is 13.8. The smallest absolute Gasteiger partial charge is 0.281 e. The Morgan fingerprint density at radius 2 is 1.61 bits per heavy atom. The van der Waals surface area contributed by atoms with Crippen molar-refractivity contribution in [1.29, 1.82) is 0 Å². The summed E-state index contributed by atoms with van der Waals surface area (Å²) in [6.07, 6.45) is 1.64. The largest absolute Gasteiger partial charge is 0.378 e. The summed E-state index contributed by atoms with van der Waals surface area (Å²) in [5.74, 6) is 0.438. The Bertz CT molecular complexity index is 1150. The Kier molecular flexibility index (Phi) is 9.05. The number of ether oxygens (including phenoxy) is 1. The second-order valence-electron chi connectivity index (χ2n) is 8.93. The fraction of sp³-hybridized carbons (Fsp3) is 0.542. The van der Waals surface area contributed by atoms with Gasteiger partial charge < -0.3 is 25.2 Å². The van der Waals surface area contributed by atoms with Crippen LogP contribution in [-0.4, -0.2) is 94.0 Å². The summed E-state index contributed by atoms with van der Waals surface area (Å²) < 4.78 is 33.0. The zero-order chi connectivity index (χ0) is 27.1. The monoisotopic (exact) mass is 531 g/mol. The van der Waals surface area contributed by atoms with Crippen molar-refractivity contribution in [3.8, 4) is 11.4 Å². The highest BCUT2D eigenvalue weighted by atomic mass is 19.3. The van der Waals surface area contributed by atoms with Gasteiger partial charge in [-0.05, 0) is 18.9 Å². The molecule has 14 heteroatoms. The summed E-state index contributed by atoms with van der Waals surface area (Å²) >= 11 is 0. The highest BCUT2D eigenvalue weighted by molar-refractivity contribution is 5.89. The molecule has 2 N–H and O–H groups in total. The lowest BCUT2D eigenvalue weighted by molar-refractivity contribution is -0.131. The maximum Gasteiger partial charge on any atom is 0.281 e. The summed E-state index contributed by atoms with van der Waals surface area (Å²) in [6, 6.07) is 0. The number of carbonyl (C=O) groups excluding carboxylic acids is 2. The number of unbranched alkanes of at least 4 members (excludes halogenated alkanes) is 1. The number of carbonyl (C=O) groups is 2. The molecule has 0 bridgehead atoms. The van der Waals surface area contributed by atoms with Crippen molar-refractivity contribution in [2.75, 3.05) is 68.0 Å². The number of nitrogens with zero attached hydrogens (tertiary/aromatic N) is 8. The summed E-state index contributed by atoms with van der Waals surface area (Å²) in [5.41, 5.74) is 4.98. The van der Waals surface area contributed by atoms with E-state index in [0.29, 0.717) is 90.1 Å². The number of halogens is 2. The molecule has 38 heavy (non-hydrogen) atoms. The average Bonchev–Trinajstić information content (AvgIpc) is 2.95. The predicted octanol–water partition coefficient (Wildman–Crippen LogP) is 1.65. The molecule has 0 unspecified atom stereocenters. The van der Waals surface area contributed by atoms with E-state index in [0.717, 1.165) is 0 Å². The molecule has 204 valence electrons. The van der Waals surface area contributed by atoms with Crippen molar-refractivity contribution >= 4 is 29.5 Å². The number of aromatic nitrogens is 5. The van der Waals surface area contributed by atoms with Crippen molar-refractivity contribution in [2.24, 2.45) is 0 Å². The molecule has 2 aliphatic rings. The molecular formula is C24H31F2N9O3. The van der Waals surface area contributed by atoms with Gasteiger partial charge in [0.1, 0.15) is 5.69 Å². The second kappa shape index (κ2) is 12.6.